The highest BCUT2D eigenvalue weighted by Gasteiger charge is 1.97. The summed E-state index contributed by atoms with van der Waals surface area (Å²) in [6.07, 6.45) is 1.59. The fourth-order valence-electron chi connectivity index (χ4n) is 0.546. The van der Waals surface area contributed by atoms with Crippen LogP contribution in [0.4, 0.5) is 0 Å². The average Bonchev–Trinajstić information content (AvgIpc) is 1.95. The Kier molecular flexibility index (Phi) is 2.05. The van der Waals surface area contributed by atoms with Crippen molar-refractivity contribution in [2.45, 2.75) is 0 Å². The molecular weight excluding hydrogens is 168 g/mol. The van der Waals surface area contributed by atoms with Crippen molar-refractivity contribution in [2.75, 3.05) is 0 Å². The van der Waals surface area contributed by atoms with Gasteiger partial charge in [-0.15, -0.1) is 0 Å². The first-order chi connectivity index (χ1) is 4.75. The fourth-order valence-corrected chi connectivity index (χ4v) is 0.884. The van der Waals surface area contributed by atoms with Crippen molar-refractivity contribution in [3.63, 3.8) is 0 Å². The molecule has 0 bridgehead atoms. The van der Waals surface area contributed by atoms with Crippen molar-refractivity contribution in [1.82, 2.24) is 4.98 Å². The Labute approximate surface area is 68.1 Å². The van der Waals surface area contributed by atoms with Gasteiger partial charge in [-0.05, 0) is 6.07 Å². The number of rotatable bonds is 0. The standard InChI is InChI=1S/C6H3ClN2S/c7-5-4(3-8)1-2-9-6(5)10/h1-2H,(H,9,10). The normalized spacial score (nSPS) is 8.80. The van der Waals surface area contributed by atoms with Gasteiger partial charge in [0.2, 0.25) is 0 Å². The molecule has 0 aliphatic carbocycles. The maximum absolute atomic E-state index is 8.45. The van der Waals surface area contributed by atoms with Gasteiger partial charge in [0, 0.05) is 6.20 Å². The summed E-state index contributed by atoms with van der Waals surface area (Å²) in [4.78, 5) is 2.71. The van der Waals surface area contributed by atoms with Gasteiger partial charge in [-0.1, -0.05) is 23.8 Å². The number of hydrogen-bond donors (Lipinski definition) is 1. The highest BCUT2D eigenvalue weighted by Crippen LogP contribution is 2.13. The van der Waals surface area contributed by atoms with E-state index >= 15 is 0 Å². The lowest BCUT2D eigenvalue weighted by molar-refractivity contribution is 1.28. The molecule has 4 heteroatoms. The third-order valence-electron chi connectivity index (χ3n) is 1.02. The summed E-state index contributed by atoms with van der Waals surface area (Å²) in [6, 6.07) is 3.50. The van der Waals surface area contributed by atoms with E-state index in [4.69, 9.17) is 29.1 Å². The molecule has 0 spiro atoms. The van der Waals surface area contributed by atoms with Gasteiger partial charge in [0.05, 0.1) is 10.6 Å². The van der Waals surface area contributed by atoms with Crippen molar-refractivity contribution < 1.29 is 0 Å². The molecule has 1 aromatic heterocycles. The van der Waals surface area contributed by atoms with Crippen LogP contribution in [0.2, 0.25) is 5.02 Å². The number of nitrogens with zero attached hydrogens (tertiary/aromatic N) is 1. The quantitative estimate of drug-likeness (QED) is 0.607. The van der Waals surface area contributed by atoms with Crippen LogP contribution in [-0.4, -0.2) is 4.98 Å². The summed E-state index contributed by atoms with van der Waals surface area (Å²) in [7, 11) is 0. The first kappa shape index (κ1) is 7.26. The number of hydrogen-bond acceptors (Lipinski definition) is 2. The van der Waals surface area contributed by atoms with Crippen molar-refractivity contribution >= 4 is 23.8 Å². The highest BCUT2D eigenvalue weighted by molar-refractivity contribution is 7.71. The zero-order valence-electron chi connectivity index (χ0n) is 4.89. The predicted octanol–water partition coefficient (Wildman–Crippen LogP) is 2.27. The van der Waals surface area contributed by atoms with Crippen LogP contribution < -0.4 is 0 Å². The Hall–Kier alpha value is -0.850. The molecule has 0 aliphatic rings. The molecule has 0 saturated carbocycles. The Morgan fingerprint density at radius 1 is 1.70 bits per heavy atom. The van der Waals surface area contributed by atoms with Crippen LogP contribution >= 0.6 is 23.8 Å². The minimum atomic E-state index is 0.319. The molecule has 0 radical (unpaired) electrons. The van der Waals surface area contributed by atoms with E-state index in [1.165, 1.54) is 0 Å². The van der Waals surface area contributed by atoms with E-state index in [1.54, 1.807) is 12.3 Å². The molecule has 1 heterocycles. The molecule has 10 heavy (non-hydrogen) atoms. The van der Waals surface area contributed by atoms with Crippen LogP contribution in [0, 0.1) is 16.0 Å². The van der Waals surface area contributed by atoms with Crippen LogP contribution in [0.3, 0.4) is 0 Å². The maximum Gasteiger partial charge on any atom is 0.123 e. The van der Waals surface area contributed by atoms with Gasteiger partial charge in [-0.25, -0.2) is 0 Å². The number of nitrogens with one attached hydrogen (secondary N) is 1. The molecule has 2 nitrogen and oxygen atoms in total. The monoisotopic (exact) mass is 170 g/mol. The summed E-state index contributed by atoms with van der Waals surface area (Å²) in [5.74, 6) is 0. The molecule has 0 aromatic carbocycles. The summed E-state index contributed by atoms with van der Waals surface area (Å²) in [5.41, 5.74) is 0.408. The minimum Gasteiger partial charge on any atom is -0.352 e. The lowest BCUT2D eigenvalue weighted by Gasteiger charge is -1.90. The van der Waals surface area contributed by atoms with Gasteiger partial charge in [-0.2, -0.15) is 5.26 Å². The first-order valence-corrected chi connectivity index (χ1v) is 3.31. The van der Waals surface area contributed by atoms with Gasteiger partial charge in [0.25, 0.3) is 0 Å². The number of nitriles is 1. The predicted molar refractivity (Wildman–Crippen MR) is 41.4 cm³/mol. The second kappa shape index (κ2) is 2.82. The van der Waals surface area contributed by atoms with Crippen molar-refractivity contribution in [3.8, 4) is 6.07 Å². The lowest BCUT2D eigenvalue weighted by Crippen LogP contribution is -1.79. The van der Waals surface area contributed by atoms with E-state index in [-0.39, 0.29) is 0 Å². The summed E-state index contributed by atoms with van der Waals surface area (Å²) >= 11 is 10.4. The molecule has 0 atom stereocenters. The van der Waals surface area contributed by atoms with Gasteiger partial charge in [0.15, 0.2) is 0 Å². The van der Waals surface area contributed by atoms with Gasteiger partial charge < -0.3 is 4.98 Å². The van der Waals surface area contributed by atoms with Gasteiger partial charge in [-0.3, -0.25) is 0 Å². The number of H-pyrrole nitrogens is 1. The topological polar surface area (TPSA) is 39.6 Å². The summed E-state index contributed by atoms with van der Waals surface area (Å²) in [5, 5.41) is 8.77. The first-order valence-electron chi connectivity index (χ1n) is 2.53. The van der Waals surface area contributed by atoms with Crippen molar-refractivity contribution in [2.24, 2.45) is 0 Å². The zero-order chi connectivity index (χ0) is 7.56. The lowest BCUT2D eigenvalue weighted by atomic mass is 10.3. The minimum absolute atomic E-state index is 0.319. The van der Waals surface area contributed by atoms with Crippen LogP contribution in [0.5, 0.6) is 0 Å². The number of aromatic amines is 1. The van der Waals surface area contributed by atoms with Crippen LogP contribution in [0.15, 0.2) is 12.3 Å². The Bertz CT molecular complexity index is 336. The molecule has 1 aromatic rings. The van der Waals surface area contributed by atoms with Crippen LogP contribution in [0.1, 0.15) is 5.56 Å². The Morgan fingerprint density at radius 3 is 2.90 bits per heavy atom. The van der Waals surface area contributed by atoms with E-state index in [0.29, 0.717) is 15.2 Å². The molecule has 0 amide bonds. The molecule has 0 unspecified atom stereocenters. The van der Waals surface area contributed by atoms with E-state index in [9.17, 15) is 0 Å². The fraction of sp³-hybridized carbons (Fsp3) is 0. The van der Waals surface area contributed by atoms with Crippen LogP contribution in [-0.2, 0) is 0 Å². The van der Waals surface area contributed by atoms with Crippen LogP contribution in [0.25, 0.3) is 0 Å². The molecule has 0 fully saturated rings. The van der Waals surface area contributed by atoms with E-state index in [2.05, 4.69) is 4.98 Å². The molecule has 1 rings (SSSR count). The third-order valence-corrected chi connectivity index (χ3v) is 1.85. The van der Waals surface area contributed by atoms with Crippen molar-refractivity contribution in [1.29, 1.82) is 5.26 Å². The van der Waals surface area contributed by atoms with Gasteiger partial charge in [0.1, 0.15) is 10.7 Å². The highest BCUT2D eigenvalue weighted by atomic mass is 35.5. The SMILES string of the molecule is N#Cc1cc[nH]c(=S)c1Cl. The second-order valence-electron chi connectivity index (χ2n) is 1.65. The summed E-state index contributed by atoms with van der Waals surface area (Å²) in [6.45, 7) is 0. The number of pyridine rings is 1. The molecule has 0 saturated heterocycles. The van der Waals surface area contributed by atoms with Crippen molar-refractivity contribution in [3.05, 3.63) is 27.5 Å². The second-order valence-corrected chi connectivity index (χ2v) is 2.43. The largest absolute Gasteiger partial charge is 0.352 e. The zero-order valence-corrected chi connectivity index (χ0v) is 6.46. The molecular formula is C6H3ClN2S. The van der Waals surface area contributed by atoms with E-state index < -0.39 is 0 Å². The molecule has 0 aliphatic heterocycles. The Balaban J connectivity index is 3.46. The molecule has 50 valence electrons. The third kappa shape index (κ3) is 1.18. The molecule has 1 N–H and O–H groups in total. The number of aromatic nitrogens is 1. The van der Waals surface area contributed by atoms with E-state index in [0.717, 1.165) is 0 Å². The average molecular weight is 171 g/mol. The summed E-state index contributed by atoms with van der Waals surface area (Å²) < 4.78 is 0.403. The van der Waals surface area contributed by atoms with Gasteiger partial charge >= 0.3 is 0 Å². The van der Waals surface area contributed by atoms with E-state index in [1.807, 2.05) is 6.07 Å². The Morgan fingerprint density at radius 2 is 2.40 bits per heavy atom. The number of halogens is 1. The smallest absolute Gasteiger partial charge is 0.123 e. The maximum atomic E-state index is 8.45.